The third kappa shape index (κ3) is 4.91. The molecule has 0 bridgehead atoms. The standard InChI is InChI=1S/C23H22FN3O4/c1-2-13-27(15-21-25-26-23(31-21)20-8-5-14-29-20)22(28)12-10-16-9-11-19(30-16)17-6-3-4-7-18(17)24/h3-9,11,14H,2,10,12-13,15H2,1H3. The fourth-order valence-corrected chi connectivity index (χ4v) is 3.25. The lowest BCUT2D eigenvalue weighted by Gasteiger charge is -2.20. The van der Waals surface area contributed by atoms with E-state index in [9.17, 15) is 9.18 Å². The number of rotatable bonds is 9. The van der Waals surface area contributed by atoms with Gasteiger partial charge in [-0.15, -0.1) is 10.2 Å². The molecular weight excluding hydrogens is 401 g/mol. The quantitative estimate of drug-likeness (QED) is 0.372. The first-order valence-corrected chi connectivity index (χ1v) is 10.1. The molecule has 0 saturated heterocycles. The van der Waals surface area contributed by atoms with E-state index in [2.05, 4.69) is 10.2 Å². The Hall–Kier alpha value is -3.68. The fourth-order valence-electron chi connectivity index (χ4n) is 3.25. The van der Waals surface area contributed by atoms with Gasteiger partial charge in [0.05, 0.1) is 18.4 Å². The Labute approximate surface area is 178 Å². The highest BCUT2D eigenvalue weighted by Crippen LogP contribution is 2.25. The van der Waals surface area contributed by atoms with E-state index in [4.69, 9.17) is 13.3 Å². The normalized spacial score (nSPS) is 11.0. The van der Waals surface area contributed by atoms with Crippen LogP contribution in [0.1, 0.15) is 31.4 Å². The Balaban J connectivity index is 1.37. The molecular formula is C23H22FN3O4. The molecule has 0 aliphatic rings. The van der Waals surface area contributed by atoms with E-state index in [1.807, 2.05) is 6.92 Å². The van der Waals surface area contributed by atoms with Crippen molar-refractivity contribution in [2.75, 3.05) is 6.54 Å². The van der Waals surface area contributed by atoms with Crippen molar-refractivity contribution < 1.29 is 22.4 Å². The molecule has 0 N–H and O–H groups in total. The molecule has 0 atom stereocenters. The minimum Gasteiger partial charge on any atom is -0.461 e. The van der Waals surface area contributed by atoms with Crippen LogP contribution in [-0.4, -0.2) is 27.5 Å². The lowest BCUT2D eigenvalue weighted by molar-refractivity contribution is -0.132. The molecule has 3 aromatic heterocycles. The van der Waals surface area contributed by atoms with Crippen molar-refractivity contribution in [2.24, 2.45) is 0 Å². The predicted molar refractivity (Wildman–Crippen MR) is 110 cm³/mol. The molecule has 0 saturated carbocycles. The zero-order valence-electron chi connectivity index (χ0n) is 17.1. The van der Waals surface area contributed by atoms with Crippen LogP contribution >= 0.6 is 0 Å². The van der Waals surface area contributed by atoms with E-state index < -0.39 is 0 Å². The second-order valence-corrected chi connectivity index (χ2v) is 7.04. The molecule has 4 aromatic rings. The monoisotopic (exact) mass is 423 g/mol. The van der Waals surface area contributed by atoms with Crippen LogP contribution in [0.2, 0.25) is 0 Å². The molecule has 0 fully saturated rings. The van der Waals surface area contributed by atoms with Gasteiger partial charge in [0.25, 0.3) is 5.89 Å². The highest BCUT2D eigenvalue weighted by atomic mass is 19.1. The van der Waals surface area contributed by atoms with E-state index in [1.54, 1.807) is 47.4 Å². The van der Waals surface area contributed by atoms with Gasteiger partial charge in [-0.05, 0) is 42.8 Å². The molecule has 4 rings (SSSR count). The van der Waals surface area contributed by atoms with Crippen molar-refractivity contribution >= 4 is 5.91 Å². The minimum absolute atomic E-state index is 0.0524. The molecule has 8 heteroatoms. The number of aryl methyl sites for hydroxylation is 1. The van der Waals surface area contributed by atoms with Gasteiger partial charge in [-0.3, -0.25) is 4.79 Å². The van der Waals surface area contributed by atoms with Crippen molar-refractivity contribution in [2.45, 2.75) is 32.7 Å². The average Bonchev–Trinajstić information content (AvgIpc) is 3.53. The summed E-state index contributed by atoms with van der Waals surface area (Å²) in [6, 6.07) is 13.4. The molecule has 31 heavy (non-hydrogen) atoms. The first-order valence-electron chi connectivity index (χ1n) is 10.1. The summed E-state index contributed by atoms with van der Waals surface area (Å²) in [6.45, 7) is 2.78. The Kier molecular flexibility index (Phi) is 6.26. The van der Waals surface area contributed by atoms with Crippen LogP contribution in [0.25, 0.3) is 23.0 Å². The second kappa shape index (κ2) is 9.42. The maximum atomic E-state index is 13.9. The predicted octanol–water partition coefficient (Wildman–Crippen LogP) is 5.10. The molecule has 3 heterocycles. The summed E-state index contributed by atoms with van der Waals surface area (Å²) in [5, 5.41) is 7.98. The molecule has 7 nitrogen and oxygen atoms in total. The summed E-state index contributed by atoms with van der Waals surface area (Å²) in [7, 11) is 0. The average molecular weight is 423 g/mol. The van der Waals surface area contributed by atoms with Crippen LogP contribution in [0.3, 0.4) is 0 Å². The Morgan fingerprint density at radius 2 is 1.90 bits per heavy atom. The first-order chi connectivity index (χ1) is 15.1. The number of nitrogens with zero attached hydrogens (tertiary/aromatic N) is 3. The van der Waals surface area contributed by atoms with Crippen LogP contribution in [0.5, 0.6) is 0 Å². The molecule has 0 spiro atoms. The van der Waals surface area contributed by atoms with E-state index in [1.165, 1.54) is 12.3 Å². The van der Waals surface area contributed by atoms with E-state index >= 15 is 0 Å². The van der Waals surface area contributed by atoms with Gasteiger partial charge < -0.3 is 18.2 Å². The number of hydrogen-bond acceptors (Lipinski definition) is 6. The topological polar surface area (TPSA) is 85.5 Å². The third-order valence-corrected chi connectivity index (χ3v) is 4.76. The number of amides is 1. The highest BCUT2D eigenvalue weighted by molar-refractivity contribution is 5.76. The smallest absolute Gasteiger partial charge is 0.283 e. The lowest BCUT2D eigenvalue weighted by atomic mass is 10.1. The first kappa shape index (κ1) is 20.6. The summed E-state index contributed by atoms with van der Waals surface area (Å²) >= 11 is 0. The van der Waals surface area contributed by atoms with Gasteiger partial charge in [0.1, 0.15) is 17.3 Å². The van der Waals surface area contributed by atoms with Crippen molar-refractivity contribution in [1.29, 1.82) is 0 Å². The molecule has 0 radical (unpaired) electrons. The second-order valence-electron chi connectivity index (χ2n) is 7.04. The van der Waals surface area contributed by atoms with Crippen LogP contribution in [0, 0.1) is 5.82 Å². The van der Waals surface area contributed by atoms with Crippen LogP contribution in [0.15, 0.2) is 68.0 Å². The maximum absolute atomic E-state index is 13.9. The largest absolute Gasteiger partial charge is 0.461 e. The van der Waals surface area contributed by atoms with Gasteiger partial charge in [-0.1, -0.05) is 19.1 Å². The van der Waals surface area contributed by atoms with Crippen LogP contribution in [-0.2, 0) is 17.8 Å². The van der Waals surface area contributed by atoms with Gasteiger partial charge in [-0.2, -0.15) is 0 Å². The van der Waals surface area contributed by atoms with Crippen molar-refractivity contribution in [3.63, 3.8) is 0 Å². The summed E-state index contributed by atoms with van der Waals surface area (Å²) in [6.07, 6.45) is 2.99. The number of aromatic nitrogens is 2. The van der Waals surface area contributed by atoms with Gasteiger partial charge in [0.2, 0.25) is 11.8 Å². The van der Waals surface area contributed by atoms with Crippen molar-refractivity contribution in [3.8, 4) is 23.0 Å². The molecule has 0 unspecified atom stereocenters. The van der Waals surface area contributed by atoms with Gasteiger partial charge in [-0.25, -0.2) is 4.39 Å². The zero-order valence-corrected chi connectivity index (χ0v) is 17.1. The van der Waals surface area contributed by atoms with Crippen LogP contribution < -0.4 is 0 Å². The minimum atomic E-state index is -0.345. The lowest BCUT2D eigenvalue weighted by Crippen LogP contribution is -2.31. The van der Waals surface area contributed by atoms with Gasteiger partial charge >= 0.3 is 0 Å². The Morgan fingerprint density at radius 3 is 2.68 bits per heavy atom. The number of carbonyl (C=O) groups excluding carboxylic acids is 1. The molecule has 1 amide bonds. The number of carbonyl (C=O) groups is 1. The summed E-state index contributed by atoms with van der Waals surface area (Å²) < 4.78 is 30.6. The summed E-state index contributed by atoms with van der Waals surface area (Å²) in [4.78, 5) is 14.5. The molecule has 160 valence electrons. The van der Waals surface area contributed by atoms with Gasteiger partial charge in [0, 0.05) is 19.4 Å². The number of halogens is 1. The number of benzene rings is 1. The van der Waals surface area contributed by atoms with Crippen molar-refractivity contribution in [3.05, 3.63) is 72.3 Å². The molecule has 1 aromatic carbocycles. The Morgan fingerprint density at radius 1 is 1.03 bits per heavy atom. The highest BCUT2D eigenvalue weighted by Gasteiger charge is 2.19. The summed E-state index contributed by atoms with van der Waals surface area (Å²) in [5.41, 5.74) is 0.399. The molecule has 0 aliphatic carbocycles. The van der Waals surface area contributed by atoms with Gasteiger partial charge in [0.15, 0.2) is 5.76 Å². The van der Waals surface area contributed by atoms with E-state index in [-0.39, 0.29) is 30.6 Å². The fraction of sp³-hybridized carbons (Fsp3) is 0.261. The number of furan rings is 2. The van der Waals surface area contributed by atoms with Crippen LogP contribution in [0.4, 0.5) is 4.39 Å². The zero-order chi connectivity index (χ0) is 21.6. The SMILES string of the molecule is CCCN(Cc1nnc(-c2ccco2)o1)C(=O)CCc1ccc(-c2ccccc2F)o1. The summed E-state index contributed by atoms with van der Waals surface area (Å²) in [5.74, 6) is 1.78. The number of hydrogen-bond donors (Lipinski definition) is 0. The maximum Gasteiger partial charge on any atom is 0.283 e. The molecule has 0 aliphatic heterocycles. The van der Waals surface area contributed by atoms with E-state index in [0.717, 1.165) is 6.42 Å². The third-order valence-electron chi connectivity index (χ3n) is 4.76. The van der Waals surface area contributed by atoms with Crippen molar-refractivity contribution in [1.82, 2.24) is 15.1 Å². The van der Waals surface area contributed by atoms with E-state index in [0.29, 0.717) is 41.7 Å². The Bertz CT molecular complexity index is 1130.